The fourth-order valence-corrected chi connectivity index (χ4v) is 3.19. The first-order valence-electron chi connectivity index (χ1n) is 7.81. The van der Waals surface area contributed by atoms with Crippen LogP contribution in [-0.2, 0) is 0 Å². The van der Waals surface area contributed by atoms with E-state index in [0.29, 0.717) is 17.1 Å². The molecule has 1 aliphatic rings. The van der Waals surface area contributed by atoms with Gasteiger partial charge in [0.15, 0.2) is 0 Å². The fraction of sp³-hybridized carbons (Fsp3) is 0.176. The lowest BCUT2D eigenvalue weighted by Crippen LogP contribution is -2.27. The van der Waals surface area contributed by atoms with E-state index in [9.17, 15) is 14.9 Å². The van der Waals surface area contributed by atoms with Crippen LogP contribution in [0.25, 0.3) is 16.3 Å². The normalized spacial score (nSPS) is 13.6. The second-order valence-electron chi connectivity index (χ2n) is 5.83. The van der Waals surface area contributed by atoms with E-state index in [2.05, 4.69) is 10.4 Å². The molecule has 1 fully saturated rings. The maximum Gasteiger partial charge on any atom is 0.271 e. The van der Waals surface area contributed by atoms with E-state index < -0.39 is 4.92 Å². The number of hydrogen-bond acceptors (Lipinski definition) is 5. The van der Waals surface area contributed by atoms with Crippen LogP contribution in [0.4, 0.5) is 5.69 Å². The van der Waals surface area contributed by atoms with E-state index in [1.54, 1.807) is 18.2 Å². The van der Waals surface area contributed by atoms with Crippen molar-refractivity contribution in [1.29, 1.82) is 0 Å². The van der Waals surface area contributed by atoms with E-state index in [4.69, 9.17) is 0 Å². The molecule has 7 nitrogen and oxygen atoms in total. The number of carbonyl (C=O) groups excluding carboxylic acids is 1. The third-order valence-electron chi connectivity index (χ3n) is 3.91. The Morgan fingerprint density at radius 2 is 2.12 bits per heavy atom. The van der Waals surface area contributed by atoms with Crippen molar-refractivity contribution in [2.24, 2.45) is 0 Å². The summed E-state index contributed by atoms with van der Waals surface area (Å²) in [5.41, 5.74) is 1.48. The zero-order chi connectivity index (χ0) is 17.4. The molecule has 3 aromatic rings. The molecule has 2 heterocycles. The van der Waals surface area contributed by atoms with Crippen LogP contribution in [0.1, 0.15) is 23.3 Å². The highest BCUT2D eigenvalue weighted by Gasteiger charge is 2.26. The minimum absolute atomic E-state index is 0.0424. The lowest BCUT2D eigenvalue weighted by atomic mass is 10.2. The second kappa shape index (κ2) is 6.14. The number of thiophene rings is 1. The smallest absolute Gasteiger partial charge is 0.271 e. The number of aromatic nitrogens is 2. The molecule has 8 heteroatoms. The molecule has 1 N–H and O–H groups in total. The maximum atomic E-state index is 12.6. The predicted octanol–water partition coefficient (Wildman–Crippen LogP) is 3.40. The molecule has 126 valence electrons. The van der Waals surface area contributed by atoms with Crippen molar-refractivity contribution in [3.8, 4) is 16.3 Å². The quantitative estimate of drug-likeness (QED) is 0.562. The van der Waals surface area contributed by atoms with Gasteiger partial charge in [-0.05, 0) is 36.4 Å². The molecule has 0 saturated heterocycles. The highest BCUT2D eigenvalue weighted by atomic mass is 32.1. The van der Waals surface area contributed by atoms with Gasteiger partial charge in [0.1, 0.15) is 11.4 Å². The average Bonchev–Trinajstić information content (AvgIpc) is 3.11. The van der Waals surface area contributed by atoms with E-state index in [0.717, 1.165) is 17.7 Å². The summed E-state index contributed by atoms with van der Waals surface area (Å²) >= 11 is 1.52. The van der Waals surface area contributed by atoms with Crippen LogP contribution < -0.4 is 5.32 Å². The van der Waals surface area contributed by atoms with E-state index in [1.807, 2.05) is 17.5 Å². The van der Waals surface area contributed by atoms with Gasteiger partial charge in [-0.15, -0.1) is 11.3 Å². The molecular weight excluding hydrogens is 340 g/mol. The van der Waals surface area contributed by atoms with Crippen molar-refractivity contribution >= 4 is 22.9 Å². The van der Waals surface area contributed by atoms with Crippen LogP contribution in [0, 0.1) is 10.1 Å². The van der Waals surface area contributed by atoms with Crippen molar-refractivity contribution in [2.75, 3.05) is 0 Å². The highest BCUT2D eigenvalue weighted by Crippen LogP contribution is 2.27. The van der Waals surface area contributed by atoms with Gasteiger partial charge in [0.25, 0.3) is 11.6 Å². The third-order valence-corrected chi connectivity index (χ3v) is 4.81. The lowest BCUT2D eigenvalue weighted by Gasteiger charge is -2.07. The van der Waals surface area contributed by atoms with Gasteiger partial charge in [-0.3, -0.25) is 14.9 Å². The van der Waals surface area contributed by atoms with E-state index in [-0.39, 0.29) is 17.6 Å². The molecule has 1 amide bonds. The standard InChI is InChI=1S/C17H14N4O3S/c22-17(18-11-6-7-11)15-10-14(16-5-2-8-25-16)19-20(15)12-3-1-4-13(9-12)21(23)24/h1-5,8-11H,6-7H2,(H,18,22). The zero-order valence-electron chi connectivity index (χ0n) is 13.1. The van der Waals surface area contributed by atoms with Gasteiger partial charge in [0, 0.05) is 18.2 Å². The monoisotopic (exact) mass is 354 g/mol. The predicted molar refractivity (Wildman–Crippen MR) is 94.0 cm³/mol. The number of carbonyl (C=O) groups is 1. The van der Waals surface area contributed by atoms with Crippen LogP contribution >= 0.6 is 11.3 Å². The second-order valence-corrected chi connectivity index (χ2v) is 6.78. The summed E-state index contributed by atoms with van der Waals surface area (Å²) in [6, 6.07) is 11.9. The van der Waals surface area contributed by atoms with Crippen LogP contribution in [0.5, 0.6) is 0 Å². The Morgan fingerprint density at radius 1 is 1.28 bits per heavy atom. The highest BCUT2D eigenvalue weighted by molar-refractivity contribution is 7.13. The van der Waals surface area contributed by atoms with Crippen LogP contribution in [-0.4, -0.2) is 26.7 Å². The summed E-state index contributed by atoms with van der Waals surface area (Å²) < 4.78 is 1.47. The average molecular weight is 354 g/mol. The Balaban J connectivity index is 1.80. The number of nitro groups is 1. The molecule has 25 heavy (non-hydrogen) atoms. The van der Waals surface area contributed by atoms with Crippen molar-refractivity contribution in [3.05, 3.63) is 63.7 Å². The summed E-state index contributed by atoms with van der Waals surface area (Å²) in [6.07, 6.45) is 1.96. The largest absolute Gasteiger partial charge is 0.348 e. The Hall–Kier alpha value is -3.00. The maximum absolute atomic E-state index is 12.6. The molecule has 0 aliphatic heterocycles. The first-order chi connectivity index (χ1) is 12.1. The van der Waals surface area contributed by atoms with Gasteiger partial charge < -0.3 is 5.32 Å². The Labute approximate surface area is 147 Å². The molecule has 0 atom stereocenters. The van der Waals surface area contributed by atoms with Crippen molar-refractivity contribution < 1.29 is 9.72 Å². The summed E-state index contributed by atoms with van der Waals surface area (Å²) in [7, 11) is 0. The molecule has 1 aromatic carbocycles. The summed E-state index contributed by atoms with van der Waals surface area (Å²) in [5.74, 6) is -0.218. The molecular formula is C17H14N4O3S. The molecule has 1 aliphatic carbocycles. The molecule has 0 spiro atoms. The zero-order valence-corrected chi connectivity index (χ0v) is 13.9. The Bertz CT molecular complexity index is 945. The minimum Gasteiger partial charge on any atom is -0.348 e. The first-order valence-corrected chi connectivity index (χ1v) is 8.69. The molecule has 4 rings (SSSR count). The number of hydrogen-bond donors (Lipinski definition) is 1. The summed E-state index contributed by atoms with van der Waals surface area (Å²) in [5, 5.41) is 20.4. The third kappa shape index (κ3) is 3.16. The van der Waals surface area contributed by atoms with Gasteiger partial charge in [-0.25, -0.2) is 4.68 Å². The van der Waals surface area contributed by atoms with Crippen molar-refractivity contribution in [2.45, 2.75) is 18.9 Å². The molecule has 2 aromatic heterocycles. The number of nitro benzene ring substituents is 1. The van der Waals surface area contributed by atoms with Crippen LogP contribution in [0.2, 0.25) is 0 Å². The van der Waals surface area contributed by atoms with Crippen molar-refractivity contribution in [3.63, 3.8) is 0 Å². The number of nitrogens with zero attached hydrogens (tertiary/aromatic N) is 3. The fourth-order valence-electron chi connectivity index (χ4n) is 2.51. The van der Waals surface area contributed by atoms with Gasteiger partial charge in [0.2, 0.25) is 0 Å². The van der Waals surface area contributed by atoms with Crippen LogP contribution in [0.15, 0.2) is 47.8 Å². The molecule has 1 saturated carbocycles. The SMILES string of the molecule is O=C(NC1CC1)c1cc(-c2cccs2)nn1-c1cccc([N+](=O)[O-])c1. The number of non-ortho nitro benzene ring substituents is 1. The van der Waals surface area contributed by atoms with E-state index in [1.165, 1.54) is 28.2 Å². The molecule has 0 bridgehead atoms. The molecule has 0 unspecified atom stereocenters. The first kappa shape index (κ1) is 15.5. The number of benzene rings is 1. The number of amides is 1. The summed E-state index contributed by atoms with van der Waals surface area (Å²) in [4.78, 5) is 24.1. The van der Waals surface area contributed by atoms with Gasteiger partial charge in [0.05, 0.1) is 15.5 Å². The van der Waals surface area contributed by atoms with E-state index >= 15 is 0 Å². The number of nitrogens with one attached hydrogen (secondary N) is 1. The van der Waals surface area contributed by atoms with Crippen molar-refractivity contribution in [1.82, 2.24) is 15.1 Å². The Morgan fingerprint density at radius 3 is 2.80 bits per heavy atom. The minimum atomic E-state index is -0.461. The summed E-state index contributed by atoms with van der Waals surface area (Å²) in [6.45, 7) is 0. The topological polar surface area (TPSA) is 90.1 Å². The molecule has 0 radical (unpaired) electrons. The van der Waals surface area contributed by atoms with Gasteiger partial charge >= 0.3 is 0 Å². The van der Waals surface area contributed by atoms with Gasteiger partial charge in [-0.1, -0.05) is 12.1 Å². The van der Waals surface area contributed by atoms with Crippen LogP contribution in [0.3, 0.4) is 0 Å². The van der Waals surface area contributed by atoms with Gasteiger partial charge in [-0.2, -0.15) is 5.10 Å². The Kier molecular flexibility index (Phi) is 3.81. The number of rotatable bonds is 5. The lowest BCUT2D eigenvalue weighted by molar-refractivity contribution is -0.384.